The third kappa shape index (κ3) is 3.41. The number of halogens is 1. The summed E-state index contributed by atoms with van der Waals surface area (Å²) in [5, 5.41) is 12.8. The van der Waals surface area contributed by atoms with Crippen LogP contribution in [0.5, 0.6) is 0 Å². The number of hydrogen-bond acceptors (Lipinski definition) is 2. The van der Waals surface area contributed by atoms with Crippen molar-refractivity contribution < 1.29 is 9.90 Å². The summed E-state index contributed by atoms with van der Waals surface area (Å²) in [6.07, 6.45) is 3.81. The van der Waals surface area contributed by atoms with Crippen LogP contribution in [-0.2, 0) is 0 Å². The highest BCUT2D eigenvalue weighted by atomic mass is 79.9. The zero-order valence-electron chi connectivity index (χ0n) is 12.1. The molecular formula is C16H22BrNO2. The summed E-state index contributed by atoms with van der Waals surface area (Å²) in [7, 11) is 0. The number of benzene rings is 1. The first-order valence-electron chi connectivity index (χ1n) is 7.15. The van der Waals surface area contributed by atoms with Crippen molar-refractivity contribution in [2.75, 3.05) is 6.61 Å². The van der Waals surface area contributed by atoms with E-state index in [4.69, 9.17) is 0 Å². The summed E-state index contributed by atoms with van der Waals surface area (Å²) < 4.78 is 0.931. The first-order valence-corrected chi connectivity index (χ1v) is 7.94. The summed E-state index contributed by atoms with van der Waals surface area (Å²) in [5.41, 5.74) is 1.29. The van der Waals surface area contributed by atoms with Crippen LogP contribution in [0.1, 0.15) is 48.5 Å². The van der Waals surface area contributed by atoms with Crippen molar-refractivity contribution in [1.82, 2.24) is 5.32 Å². The molecule has 2 N–H and O–H groups in total. The van der Waals surface area contributed by atoms with E-state index in [0.29, 0.717) is 11.5 Å². The van der Waals surface area contributed by atoms with Crippen LogP contribution in [0.25, 0.3) is 0 Å². The fourth-order valence-electron chi connectivity index (χ4n) is 2.68. The minimum atomic E-state index is -0.443. The maximum Gasteiger partial charge on any atom is 0.251 e. The number of carbonyl (C=O) groups is 1. The van der Waals surface area contributed by atoms with Crippen molar-refractivity contribution in [3.05, 3.63) is 33.8 Å². The standard InChI is InChI=1S/C16H22BrNO2/c1-11-5-7-16(10-19,8-6-11)18-15(20)13-4-3-12(2)14(17)9-13/h3-4,9,11,19H,5-8,10H2,1-2H3,(H,18,20). The number of aryl methyl sites for hydroxylation is 1. The van der Waals surface area contributed by atoms with Crippen LogP contribution in [-0.4, -0.2) is 23.2 Å². The lowest BCUT2D eigenvalue weighted by molar-refractivity contribution is 0.0717. The lowest BCUT2D eigenvalue weighted by Crippen LogP contribution is -2.53. The molecule has 0 bridgehead atoms. The number of hydrogen-bond donors (Lipinski definition) is 2. The molecule has 1 aliphatic rings. The van der Waals surface area contributed by atoms with Crippen LogP contribution in [0, 0.1) is 12.8 Å². The molecule has 0 unspecified atom stereocenters. The SMILES string of the molecule is Cc1ccc(C(=O)NC2(CO)CCC(C)CC2)cc1Br. The molecule has 110 valence electrons. The lowest BCUT2D eigenvalue weighted by Gasteiger charge is -2.38. The molecular weight excluding hydrogens is 318 g/mol. The average molecular weight is 340 g/mol. The number of rotatable bonds is 3. The van der Waals surface area contributed by atoms with E-state index in [-0.39, 0.29) is 12.5 Å². The van der Waals surface area contributed by atoms with Gasteiger partial charge in [-0.1, -0.05) is 28.9 Å². The minimum absolute atomic E-state index is 0.0124. The molecule has 20 heavy (non-hydrogen) atoms. The van der Waals surface area contributed by atoms with Gasteiger partial charge in [-0.2, -0.15) is 0 Å². The summed E-state index contributed by atoms with van der Waals surface area (Å²) >= 11 is 3.45. The molecule has 0 aliphatic heterocycles. The van der Waals surface area contributed by atoms with E-state index in [9.17, 15) is 9.90 Å². The van der Waals surface area contributed by atoms with Crippen molar-refractivity contribution >= 4 is 21.8 Å². The van der Waals surface area contributed by atoms with E-state index < -0.39 is 5.54 Å². The Labute approximate surface area is 128 Å². The monoisotopic (exact) mass is 339 g/mol. The molecule has 1 fully saturated rings. The van der Waals surface area contributed by atoms with Crippen molar-refractivity contribution in [1.29, 1.82) is 0 Å². The van der Waals surface area contributed by atoms with Crippen molar-refractivity contribution in [2.24, 2.45) is 5.92 Å². The van der Waals surface area contributed by atoms with E-state index in [2.05, 4.69) is 28.2 Å². The minimum Gasteiger partial charge on any atom is -0.394 e. The van der Waals surface area contributed by atoms with Gasteiger partial charge in [0.15, 0.2) is 0 Å². The predicted molar refractivity (Wildman–Crippen MR) is 83.8 cm³/mol. The molecule has 0 aromatic heterocycles. The maximum absolute atomic E-state index is 12.4. The molecule has 1 aliphatic carbocycles. The maximum atomic E-state index is 12.4. The molecule has 1 amide bonds. The average Bonchev–Trinajstić information content (AvgIpc) is 2.44. The van der Waals surface area contributed by atoms with Gasteiger partial charge in [-0.25, -0.2) is 0 Å². The number of amides is 1. The smallest absolute Gasteiger partial charge is 0.251 e. The van der Waals surface area contributed by atoms with Gasteiger partial charge in [0.2, 0.25) is 0 Å². The number of aliphatic hydroxyl groups is 1. The summed E-state index contributed by atoms with van der Waals surface area (Å²) in [6, 6.07) is 5.58. The summed E-state index contributed by atoms with van der Waals surface area (Å²) in [4.78, 5) is 12.4. The Kier molecular flexibility index (Phi) is 4.86. The topological polar surface area (TPSA) is 49.3 Å². The molecule has 4 heteroatoms. The van der Waals surface area contributed by atoms with Crippen LogP contribution in [0.15, 0.2) is 22.7 Å². The number of nitrogens with one attached hydrogen (secondary N) is 1. The van der Waals surface area contributed by atoms with Gasteiger partial charge in [0, 0.05) is 10.0 Å². The van der Waals surface area contributed by atoms with E-state index in [0.717, 1.165) is 35.7 Å². The third-order valence-electron chi connectivity index (χ3n) is 4.35. The Bertz CT molecular complexity index is 493. The quantitative estimate of drug-likeness (QED) is 0.886. The molecule has 0 heterocycles. The Morgan fingerprint density at radius 3 is 2.65 bits per heavy atom. The van der Waals surface area contributed by atoms with Crippen LogP contribution in [0.2, 0.25) is 0 Å². The predicted octanol–water partition coefficient (Wildman–Crippen LogP) is 3.43. The van der Waals surface area contributed by atoms with E-state index >= 15 is 0 Å². The molecule has 0 atom stereocenters. The van der Waals surface area contributed by atoms with Crippen molar-refractivity contribution in [2.45, 2.75) is 45.1 Å². The zero-order valence-corrected chi connectivity index (χ0v) is 13.7. The number of aliphatic hydroxyl groups excluding tert-OH is 1. The first kappa shape index (κ1) is 15.5. The molecule has 0 spiro atoms. The molecule has 1 saturated carbocycles. The Morgan fingerprint density at radius 2 is 2.10 bits per heavy atom. The normalized spacial score (nSPS) is 26.3. The second kappa shape index (κ2) is 6.27. The fourth-order valence-corrected chi connectivity index (χ4v) is 3.06. The molecule has 2 rings (SSSR count). The van der Waals surface area contributed by atoms with E-state index in [1.807, 2.05) is 25.1 Å². The highest BCUT2D eigenvalue weighted by Crippen LogP contribution is 2.32. The van der Waals surface area contributed by atoms with Gasteiger partial charge in [0.25, 0.3) is 5.91 Å². The summed E-state index contributed by atoms with van der Waals surface area (Å²) in [5.74, 6) is 0.578. The highest BCUT2D eigenvalue weighted by Gasteiger charge is 2.35. The Hall–Kier alpha value is -0.870. The van der Waals surface area contributed by atoms with E-state index in [1.165, 1.54) is 0 Å². The molecule has 1 aromatic rings. The first-order chi connectivity index (χ1) is 9.46. The second-order valence-corrected chi connectivity index (χ2v) is 6.89. The summed E-state index contributed by atoms with van der Waals surface area (Å²) in [6.45, 7) is 4.22. The Balaban J connectivity index is 2.11. The fraction of sp³-hybridized carbons (Fsp3) is 0.562. The molecule has 3 nitrogen and oxygen atoms in total. The van der Waals surface area contributed by atoms with Gasteiger partial charge < -0.3 is 10.4 Å². The Morgan fingerprint density at radius 1 is 1.45 bits per heavy atom. The van der Waals surface area contributed by atoms with Crippen LogP contribution in [0.3, 0.4) is 0 Å². The van der Waals surface area contributed by atoms with Gasteiger partial charge in [-0.15, -0.1) is 0 Å². The van der Waals surface area contributed by atoms with Crippen LogP contribution in [0.4, 0.5) is 0 Å². The van der Waals surface area contributed by atoms with Gasteiger partial charge in [0.1, 0.15) is 0 Å². The van der Waals surface area contributed by atoms with E-state index in [1.54, 1.807) is 0 Å². The van der Waals surface area contributed by atoms with Crippen molar-refractivity contribution in [3.63, 3.8) is 0 Å². The molecule has 0 saturated heterocycles. The van der Waals surface area contributed by atoms with Crippen LogP contribution >= 0.6 is 15.9 Å². The zero-order chi connectivity index (χ0) is 14.8. The van der Waals surface area contributed by atoms with Gasteiger partial charge in [0.05, 0.1) is 12.1 Å². The van der Waals surface area contributed by atoms with Gasteiger partial charge in [-0.3, -0.25) is 4.79 Å². The van der Waals surface area contributed by atoms with Crippen LogP contribution < -0.4 is 5.32 Å². The van der Waals surface area contributed by atoms with Gasteiger partial charge >= 0.3 is 0 Å². The highest BCUT2D eigenvalue weighted by molar-refractivity contribution is 9.10. The number of carbonyl (C=O) groups excluding carboxylic acids is 1. The largest absolute Gasteiger partial charge is 0.394 e. The molecule has 0 radical (unpaired) electrons. The second-order valence-electron chi connectivity index (χ2n) is 6.04. The van der Waals surface area contributed by atoms with Gasteiger partial charge in [-0.05, 0) is 56.2 Å². The van der Waals surface area contributed by atoms with Crippen molar-refractivity contribution in [3.8, 4) is 0 Å². The third-order valence-corrected chi connectivity index (χ3v) is 5.20. The molecule has 1 aromatic carbocycles. The lowest BCUT2D eigenvalue weighted by atomic mass is 9.77.